The second-order valence-electron chi connectivity index (χ2n) is 5.07. The molecule has 24 heavy (non-hydrogen) atoms. The van der Waals surface area contributed by atoms with Crippen LogP contribution in [0.25, 0.3) is 0 Å². The Labute approximate surface area is 141 Å². The van der Waals surface area contributed by atoms with Crippen LogP contribution in [0.1, 0.15) is 16.1 Å². The number of nitrogens with one attached hydrogen (secondary N) is 2. The van der Waals surface area contributed by atoms with Gasteiger partial charge in [0, 0.05) is 17.7 Å². The van der Waals surface area contributed by atoms with Crippen molar-refractivity contribution in [2.45, 2.75) is 12.8 Å². The number of hydrogen-bond acceptors (Lipinski definition) is 6. The highest BCUT2D eigenvalue weighted by molar-refractivity contribution is 7.13. The predicted octanol–water partition coefficient (Wildman–Crippen LogP) is 3.11. The fraction of sp³-hybridized carbons (Fsp3) is 0.125. The van der Waals surface area contributed by atoms with Gasteiger partial charge in [0.25, 0.3) is 5.85 Å². The summed E-state index contributed by atoms with van der Waals surface area (Å²) < 4.78 is 19.8. The van der Waals surface area contributed by atoms with E-state index >= 15 is 0 Å². The van der Waals surface area contributed by atoms with E-state index in [0.29, 0.717) is 5.13 Å². The monoisotopic (exact) mass is 347 g/mol. The quantitative estimate of drug-likeness (QED) is 0.721. The molecule has 0 saturated carbocycles. The minimum absolute atomic E-state index is 0.0676. The Morgan fingerprint density at radius 2 is 2.29 bits per heavy atom. The number of benzene rings is 1. The van der Waals surface area contributed by atoms with Gasteiger partial charge >= 0.3 is 5.97 Å². The molecule has 0 fully saturated rings. The number of aryl methyl sites for hydroxylation is 1. The Morgan fingerprint density at radius 1 is 1.46 bits per heavy atom. The van der Waals surface area contributed by atoms with Gasteiger partial charge in [-0.1, -0.05) is 6.08 Å². The van der Waals surface area contributed by atoms with Crippen LogP contribution < -0.4 is 15.4 Å². The first-order valence-electron chi connectivity index (χ1n) is 7.02. The first kappa shape index (κ1) is 16.0. The summed E-state index contributed by atoms with van der Waals surface area (Å²) in [5.41, 5.74) is 0.772. The number of aromatic nitrogens is 1. The van der Waals surface area contributed by atoms with Gasteiger partial charge in [0.15, 0.2) is 16.7 Å². The molecule has 1 aliphatic heterocycles. The molecule has 1 unspecified atom stereocenters. The summed E-state index contributed by atoms with van der Waals surface area (Å²) in [5.74, 6) is -3.30. The van der Waals surface area contributed by atoms with Crippen LogP contribution >= 0.6 is 11.3 Å². The smallest absolute Gasteiger partial charge is 0.335 e. The highest BCUT2D eigenvalue weighted by atomic mass is 32.1. The van der Waals surface area contributed by atoms with Crippen molar-refractivity contribution >= 4 is 22.4 Å². The summed E-state index contributed by atoms with van der Waals surface area (Å²) >= 11 is 1.38. The van der Waals surface area contributed by atoms with Crippen LogP contribution in [0.5, 0.6) is 5.75 Å². The average Bonchev–Trinajstić information content (AvgIpc) is 2.95. The van der Waals surface area contributed by atoms with Crippen molar-refractivity contribution in [1.29, 1.82) is 0 Å². The highest BCUT2D eigenvalue weighted by Gasteiger charge is 2.31. The van der Waals surface area contributed by atoms with Gasteiger partial charge in [-0.15, -0.1) is 11.3 Å². The normalized spacial score (nSPS) is 18.9. The number of carboxylic acids is 1. The van der Waals surface area contributed by atoms with E-state index < -0.39 is 17.6 Å². The van der Waals surface area contributed by atoms with E-state index in [1.807, 2.05) is 12.3 Å². The lowest BCUT2D eigenvalue weighted by Gasteiger charge is -2.33. The predicted molar refractivity (Wildman–Crippen MR) is 88.6 cm³/mol. The van der Waals surface area contributed by atoms with Crippen LogP contribution in [0.15, 0.2) is 48.0 Å². The number of anilines is 1. The molecule has 1 aliphatic rings. The molecule has 0 bridgehead atoms. The molecular weight excluding hydrogens is 333 g/mol. The maximum Gasteiger partial charge on any atom is 0.335 e. The molecule has 0 saturated heterocycles. The number of hydrogen-bond donors (Lipinski definition) is 3. The minimum atomic E-state index is -1.28. The van der Waals surface area contributed by atoms with Gasteiger partial charge in [-0.3, -0.25) is 0 Å². The summed E-state index contributed by atoms with van der Waals surface area (Å²) in [5, 5.41) is 17.5. The topological polar surface area (TPSA) is 83.5 Å². The van der Waals surface area contributed by atoms with E-state index in [-0.39, 0.29) is 11.3 Å². The third kappa shape index (κ3) is 3.38. The molecule has 124 valence electrons. The SMILES string of the molecule is Cc1csc(NC2(Oc3cc(C(=O)O)ccc3F)C=CC=CN2)n1. The van der Waals surface area contributed by atoms with Crippen molar-refractivity contribution in [3.8, 4) is 5.75 Å². The summed E-state index contributed by atoms with van der Waals surface area (Å²) in [7, 11) is 0. The lowest BCUT2D eigenvalue weighted by atomic mass is 10.2. The van der Waals surface area contributed by atoms with Crippen molar-refractivity contribution < 1.29 is 19.0 Å². The van der Waals surface area contributed by atoms with Crippen molar-refractivity contribution in [2.75, 3.05) is 5.32 Å². The van der Waals surface area contributed by atoms with Gasteiger partial charge in [0.1, 0.15) is 0 Å². The fourth-order valence-electron chi connectivity index (χ4n) is 2.09. The average molecular weight is 347 g/mol. The van der Waals surface area contributed by atoms with Crippen molar-refractivity contribution in [3.05, 3.63) is 65.1 Å². The lowest BCUT2D eigenvalue weighted by molar-refractivity contribution is 0.0694. The molecular formula is C16H14FN3O3S. The van der Waals surface area contributed by atoms with Crippen LogP contribution in [0.3, 0.4) is 0 Å². The highest BCUT2D eigenvalue weighted by Crippen LogP contribution is 2.27. The number of ether oxygens (including phenoxy) is 1. The van der Waals surface area contributed by atoms with Gasteiger partial charge in [-0.25, -0.2) is 14.2 Å². The summed E-state index contributed by atoms with van der Waals surface area (Å²) in [6.45, 7) is 1.86. The largest absolute Gasteiger partial charge is 0.478 e. The van der Waals surface area contributed by atoms with Crippen LogP contribution in [0.2, 0.25) is 0 Å². The fourth-order valence-corrected chi connectivity index (χ4v) is 2.83. The maximum absolute atomic E-state index is 14.1. The summed E-state index contributed by atoms with van der Waals surface area (Å²) in [6.07, 6.45) is 6.76. The molecule has 0 spiro atoms. The Hall–Kier alpha value is -2.87. The van der Waals surface area contributed by atoms with E-state index in [1.165, 1.54) is 17.4 Å². The first-order valence-corrected chi connectivity index (χ1v) is 7.90. The Morgan fingerprint density at radius 3 is 2.92 bits per heavy atom. The molecule has 0 aliphatic carbocycles. The molecule has 1 aromatic heterocycles. The third-order valence-electron chi connectivity index (χ3n) is 3.20. The van der Waals surface area contributed by atoms with Crippen molar-refractivity contribution in [3.63, 3.8) is 0 Å². The van der Waals surface area contributed by atoms with Crippen LogP contribution in [0.4, 0.5) is 9.52 Å². The second-order valence-corrected chi connectivity index (χ2v) is 5.93. The lowest BCUT2D eigenvalue weighted by Crippen LogP contribution is -2.54. The molecule has 8 heteroatoms. The number of carboxylic acid groups (broad SMARTS) is 1. The van der Waals surface area contributed by atoms with Gasteiger partial charge in [0.05, 0.1) is 11.3 Å². The van der Waals surface area contributed by atoms with E-state index in [0.717, 1.165) is 17.8 Å². The minimum Gasteiger partial charge on any atom is -0.478 e. The van der Waals surface area contributed by atoms with Gasteiger partial charge in [-0.05, 0) is 31.2 Å². The zero-order valence-corrected chi connectivity index (χ0v) is 13.4. The molecule has 1 aromatic carbocycles. The molecule has 1 atom stereocenters. The molecule has 2 aromatic rings. The zero-order chi connectivity index (χ0) is 17.2. The van der Waals surface area contributed by atoms with E-state index in [4.69, 9.17) is 9.84 Å². The maximum atomic E-state index is 14.1. The van der Waals surface area contributed by atoms with Gasteiger partial charge < -0.3 is 20.5 Å². The molecule has 3 N–H and O–H groups in total. The number of carbonyl (C=O) groups is 1. The van der Waals surface area contributed by atoms with Gasteiger partial charge in [0.2, 0.25) is 0 Å². The number of dihydropyridines is 1. The van der Waals surface area contributed by atoms with Crippen LogP contribution in [0, 0.1) is 12.7 Å². The van der Waals surface area contributed by atoms with E-state index in [9.17, 15) is 9.18 Å². The zero-order valence-electron chi connectivity index (χ0n) is 12.6. The van der Waals surface area contributed by atoms with Gasteiger partial charge in [-0.2, -0.15) is 0 Å². The number of aromatic carboxylic acids is 1. The molecule has 2 heterocycles. The number of rotatable bonds is 5. The van der Waals surface area contributed by atoms with E-state index in [1.54, 1.807) is 24.4 Å². The van der Waals surface area contributed by atoms with Crippen molar-refractivity contribution in [2.24, 2.45) is 0 Å². The van der Waals surface area contributed by atoms with Crippen LogP contribution in [-0.4, -0.2) is 21.9 Å². The summed E-state index contributed by atoms with van der Waals surface area (Å²) in [4.78, 5) is 15.4. The first-order chi connectivity index (χ1) is 11.5. The molecule has 3 rings (SSSR count). The second kappa shape index (κ2) is 6.32. The van der Waals surface area contributed by atoms with Crippen molar-refractivity contribution in [1.82, 2.24) is 10.3 Å². The standard InChI is InChI=1S/C16H14FN3O3S/c1-10-9-24-15(19-10)20-16(6-2-3-7-18-16)23-13-8-11(14(21)22)4-5-12(13)17/h2-9,18H,1H3,(H,19,20)(H,21,22). The number of allylic oxidation sites excluding steroid dienone is 2. The molecule has 6 nitrogen and oxygen atoms in total. The van der Waals surface area contributed by atoms with Crippen LogP contribution in [-0.2, 0) is 0 Å². The number of halogens is 1. The Kier molecular flexibility index (Phi) is 4.22. The molecule has 0 amide bonds. The molecule has 0 radical (unpaired) electrons. The number of thiazole rings is 1. The Bertz CT molecular complexity index is 834. The Balaban J connectivity index is 1.93. The third-order valence-corrected chi connectivity index (χ3v) is 4.07. The summed E-state index contributed by atoms with van der Waals surface area (Å²) in [6, 6.07) is 3.38. The van der Waals surface area contributed by atoms with E-state index in [2.05, 4.69) is 15.6 Å². The number of nitrogens with zero attached hydrogens (tertiary/aromatic N) is 1.